The number of ether oxygens (including phenoxy) is 3. The molecule has 2 aromatic heterocycles. The van der Waals surface area contributed by atoms with E-state index in [0.29, 0.717) is 54.8 Å². The average Bonchev–Trinajstić information content (AvgIpc) is 3.49. The van der Waals surface area contributed by atoms with Gasteiger partial charge in [-0.2, -0.15) is 0 Å². The summed E-state index contributed by atoms with van der Waals surface area (Å²) in [5, 5.41) is 18.7. The van der Waals surface area contributed by atoms with E-state index in [0.717, 1.165) is 33.5 Å². The Morgan fingerprint density at radius 2 is 1.78 bits per heavy atom. The van der Waals surface area contributed by atoms with Crippen molar-refractivity contribution >= 4 is 22.6 Å². The Balaban J connectivity index is 1.37. The lowest BCUT2D eigenvalue weighted by Crippen LogP contribution is -2.68. The van der Waals surface area contributed by atoms with Crippen LogP contribution in [0.25, 0.3) is 10.9 Å². The second-order valence-electron chi connectivity index (χ2n) is 10.9. The molecule has 216 valence electrons. The second-order valence-corrected chi connectivity index (χ2v) is 10.9. The first-order valence-electron chi connectivity index (χ1n) is 13.5. The topological polar surface area (TPSA) is 125 Å². The molecule has 11 nitrogen and oxygen atoms in total. The molecule has 6 rings (SSSR count). The number of anilines is 1. The van der Waals surface area contributed by atoms with Gasteiger partial charge in [-0.1, -0.05) is 5.16 Å². The van der Waals surface area contributed by atoms with Gasteiger partial charge in [-0.25, -0.2) is 4.79 Å². The first kappa shape index (κ1) is 27.0. The van der Waals surface area contributed by atoms with Crippen molar-refractivity contribution in [1.29, 1.82) is 0 Å². The Morgan fingerprint density at radius 3 is 2.39 bits per heavy atom. The molecular formula is C30H35N5O6. The quantitative estimate of drug-likeness (QED) is 0.308. The highest BCUT2D eigenvalue weighted by molar-refractivity contribution is 5.93. The zero-order valence-electron chi connectivity index (χ0n) is 23.9. The fourth-order valence-corrected chi connectivity index (χ4v) is 6.40. The number of aromatic amines is 1. The predicted molar refractivity (Wildman–Crippen MR) is 153 cm³/mol. The number of H-pyrrole nitrogens is 1. The molecule has 1 saturated heterocycles. The second kappa shape index (κ2) is 10.3. The molecule has 0 saturated carbocycles. The number of rotatable bonds is 7. The molecule has 0 radical (unpaired) electrons. The van der Waals surface area contributed by atoms with Crippen molar-refractivity contribution in [2.45, 2.75) is 31.8 Å². The van der Waals surface area contributed by atoms with Gasteiger partial charge in [0.25, 0.3) is 0 Å². The number of aryl methyl sites for hydroxylation is 2. The minimum atomic E-state index is -0.340. The monoisotopic (exact) mass is 561 g/mol. The lowest BCUT2D eigenvalue weighted by atomic mass is 9.68. The zero-order valence-corrected chi connectivity index (χ0v) is 23.9. The summed E-state index contributed by atoms with van der Waals surface area (Å²) in [7, 11) is 4.91. The Bertz CT molecular complexity index is 1560. The molecule has 2 aliphatic heterocycles. The summed E-state index contributed by atoms with van der Waals surface area (Å²) in [5.74, 6) is 2.73. The van der Waals surface area contributed by atoms with E-state index < -0.39 is 0 Å². The van der Waals surface area contributed by atoms with Crippen molar-refractivity contribution in [3.63, 3.8) is 0 Å². The van der Waals surface area contributed by atoms with Gasteiger partial charge in [0.1, 0.15) is 28.6 Å². The largest absolute Gasteiger partial charge is 0.497 e. The van der Waals surface area contributed by atoms with Gasteiger partial charge in [0.2, 0.25) is 0 Å². The van der Waals surface area contributed by atoms with E-state index in [1.807, 2.05) is 35.2 Å². The molecule has 4 heterocycles. The molecule has 4 aromatic rings. The molecule has 0 unspecified atom stereocenters. The predicted octanol–water partition coefficient (Wildman–Crippen LogP) is 4.13. The van der Waals surface area contributed by atoms with Gasteiger partial charge in [-0.05, 0) is 49.2 Å². The average molecular weight is 562 g/mol. The molecule has 2 aliphatic rings. The van der Waals surface area contributed by atoms with Gasteiger partial charge in [0, 0.05) is 60.3 Å². The van der Waals surface area contributed by atoms with Crippen molar-refractivity contribution in [3.8, 4) is 17.2 Å². The van der Waals surface area contributed by atoms with E-state index in [9.17, 15) is 9.90 Å². The SMILES string of the molecule is COc1cc(CN2CC3(CN(C(=O)Nc4c(C)noc4C)C3)c3c([nH]c4cc(OC)ccc34)[C@H]2CO)cc(OC)c1. The minimum absolute atomic E-state index is 0.0651. The third kappa shape index (κ3) is 4.54. The Labute approximate surface area is 238 Å². The number of nitrogens with one attached hydrogen (secondary N) is 2. The van der Waals surface area contributed by atoms with Gasteiger partial charge in [-0.3, -0.25) is 4.90 Å². The molecular weight excluding hydrogens is 526 g/mol. The van der Waals surface area contributed by atoms with Crippen LogP contribution in [0.4, 0.5) is 10.5 Å². The van der Waals surface area contributed by atoms with Gasteiger partial charge >= 0.3 is 6.03 Å². The highest BCUT2D eigenvalue weighted by atomic mass is 16.5. The highest BCUT2D eigenvalue weighted by Crippen LogP contribution is 2.49. The smallest absolute Gasteiger partial charge is 0.322 e. The van der Waals surface area contributed by atoms with Crippen molar-refractivity contribution < 1.29 is 28.6 Å². The molecule has 0 aliphatic carbocycles. The molecule has 3 N–H and O–H groups in total. The number of carbonyl (C=O) groups is 1. The number of nitrogens with zero attached hydrogens (tertiary/aromatic N) is 3. The first-order valence-corrected chi connectivity index (χ1v) is 13.5. The number of benzene rings is 2. The van der Waals surface area contributed by atoms with Crippen LogP contribution in [-0.2, 0) is 12.0 Å². The van der Waals surface area contributed by atoms with Crippen LogP contribution in [0.1, 0.15) is 34.3 Å². The number of urea groups is 1. The van der Waals surface area contributed by atoms with Crippen LogP contribution in [0.5, 0.6) is 17.2 Å². The van der Waals surface area contributed by atoms with Crippen molar-refractivity contribution in [1.82, 2.24) is 19.9 Å². The number of methoxy groups -OCH3 is 3. The summed E-state index contributed by atoms with van der Waals surface area (Å²) < 4.78 is 21.7. The van der Waals surface area contributed by atoms with Crippen molar-refractivity contribution in [2.24, 2.45) is 0 Å². The molecule has 11 heteroatoms. The van der Waals surface area contributed by atoms with E-state index in [1.165, 1.54) is 0 Å². The van der Waals surface area contributed by atoms with Crippen LogP contribution >= 0.6 is 0 Å². The summed E-state index contributed by atoms with van der Waals surface area (Å²) in [6.07, 6.45) is 0. The number of fused-ring (bicyclic) bond motifs is 4. The third-order valence-corrected chi connectivity index (χ3v) is 8.35. The first-order chi connectivity index (χ1) is 19.8. The maximum absolute atomic E-state index is 13.3. The molecule has 2 aromatic carbocycles. The van der Waals surface area contributed by atoms with Crippen LogP contribution in [0, 0.1) is 13.8 Å². The van der Waals surface area contributed by atoms with Crippen LogP contribution in [0.3, 0.4) is 0 Å². The molecule has 41 heavy (non-hydrogen) atoms. The fraction of sp³-hybridized carbons (Fsp3) is 0.400. The normalized spacial score (nSPS) is 17.8. The number of likely N-dealkylation sites (tertiary alicyclic amines) is 1. The lowest BCUT2D eigenvalue weighted by molar-refractivity contribution is 0.0124. The van der Waals surface area contributed by atoms with E-state index in [1.54, 1.807) is 35.2 Å². The summed E-state index contributed by atoms with van der Waals surface area (Å²) >= 11 is 0. The van der Waals surface area contributed by atoms with Crippen molar-refractivity contribution in [2.75, 3.05) is 52.9 Å². The number of aliphatic hydroxyl groups is 1. The summed E-state index contributed by atoms with van der Waals surface area (Å²) in [6, 6.07) is 11.3. The van der Waals surface area contributed by atoms with Gasteiger partial charge < -0.3 is 39.0 Å². The molecule has 1 spiro atoms. The number of aromatic nitrogens is 2. The Kier molecular flexibility index (Phi) is 6.79. The van der Waals surface area contributed by atoms with Crippen LogP contribution in [0.15, 0.2) is 40.9 Å². The Hall–Kier alpha value is -4.22. The Morgan fingerprint density at radius 1 is 1.07 bits per heavy atom. The minimum Gasteiger partial charge on any atom is -0.497 e. The van der Waals surface area contributed by atoms with E-state index in [-0.39, 0.29) is 24.1 Å². The molecule has 2 amide bonds. The number of amides is 2. The number of carbonyl (C=O) groups excluding carboxylic acids is 1. The maximum Gasteiger partial charge on any atom is 0.322 e. The fourth-order valence-electron chi connectivity index (χ4n) is 6.40. The summed E-state index contributed by atoms with van der Waals surface area (Å²) in [4.78, 5) is 21.0. The third-order valence-electron chi connectivity index (χ3n) is 8.35. The zero-order chi connectivity index (χ0) is 28.9. The van der Waals surface area contributed by atoms with E-state index in [2.05, 4.69) is 26.4 Å². The van der Waals surface area contributed by atoms with Crippen LogP contribution in [-0.4, -0.2) is 78.6 Å². The number of hydrogen-bond acceptors (Lipinski definition) is 8. The number of aliphatic hydroxyl groups excluding tert-OH is 1. The van der Waals surface area contributed by atoms with E-state index >= 15 is 0 Å². The summed E-state index contributed by atoms with van der Waals surface area (Å²) in [6.45, 7) is 5.76. The van der Waals surface area contributed by atoms with Gasteiger partial charge in [0.15, 0.2) is 5.76 Å². The molecule has 1 fully saturated rings. The van der Waals surface area contributed by atoms with Crippen LogP contribution < -0.4 is 19.5 Å². The lowest BCUT2D eigenvalue weighted by Gasteiger charge is -2.56. The standard InChI is InChI=1S/C30H35N5O6/c1-17-27(18(2)41-33-17)32-29(37)35-15-30(16-35)14-34(12-19-8-21(39-4)10-22(9-19)40-5)25(13-36)28-26(30)23-7-6-20(38-3)11-24(23)31-28/h6-11,25,31,36H,12-16H2,1-5H3,(H,32,37)/t25-/m1/s1. The van der Waals surface area contributed by atoms with Gasteiger partial charge in [0.05, 0.1) is 34.0 Å². The highest BCUT2D eigenvalue weighted by Gasteiger charge is 2.54. The van der Waals surface area contributed by atoms with E-state index in [4.69, 9.17) is 18.7 Å². The molecule has 1 atom stereocenters. The summed E-state index contributed by atoms with van der Waals surface area (Å²) in [5.41, 5.74) is 4.96. The maximum atomic E-state index is 13.3. The van der Waals surface area contributed by atoms with Crippen LogP contribution in [0.2, 0.25) is 0 Å². The number of hydrogen-bond donors (Lipinski definition) is 3. The molecule has 0 bridgehead atoms. The van der Waals surface area contributed by atoms with Crippen molar-refractivity contribution in [3.05, 3.63) is 64.7 Å². The van der Waals surface area contributed by atoms with Gasteiger partial charge in [-0.15, -0.1) is 0 Å².